The van der Waals surface area contributed by atoms with Crippen molar-refractivity contribution in [1.29, 1.82) is 0 Å². The quantitative estimate of drug-likeness (QED) is 0.775. The minimum atomic E-state index is -1.06. The van der Waals surface area contributed by atoms with Crippen LogP contribution in [-0.2, 0) is 18.9 Å². The summed E-state index contributed by atoms with van der Waals surface area (Å²) >= 11 is 0. The molecule has 0 amide bonds. The van der Waals surface area contributed by atoms with Crippen LogP contribution in [0.3, 0.4) is 0 Å². The lowest BCUT2D eigenvalue weighted by Gasteiger charge is -2.36. The monoisotopic (exact) mass is 380 g/mol. The van der Waals surface area contributed by atoms with Gasteiger partial charge in [0.15, 0.2) is 17.3 Å². The highest BCUT2D eigenvalue weighted by Gasteiger charge is 2.52. The first-order chi connectivity index (χ1) is 13.1. The lowest BCUT2D eigenvalue weighted by atomic mass is 9.88. The summed E-state index contributed by atoms with van der Waals surface area (Å²) < 4.78 is 33.3. The van der Waals surface area contributed by atoms with E-state index in [0.717, 1.165) is 11.1 Å². The van der Waals surface area contributed by atoms with Gasteiger partial charge in [0, 0.05) is 20.6 Å². The van der Waals surface area contributed by atoms with Crippen LogP contribution < -0.4 is 9.47 Å². The molecule has 1 saturated heterocycles. The number of allylic oxidation sites excluding steroid dienone is 1. The molecule has 1 aliphatic carbocycles. The number of hydrogen-bond donors (Lipinski definition) is 1. The van der Waals surface area contributed by atoms with Crippen LogP contribution in [0.2, 0.25) is 0 Å². The van der Waals surface area contributed by atoms with E-state index in [1.54, 1.807) is 34.5 Å². The normalized spacial score (nSPS) is 26.9. The lowest BCUT2D eigenvalue weighted by Crippen LogP contribution is -2.45. The Balaban J connectivity index is 1.81. The Hall–Kier alpha value is -1.64. The molecule has 0 bridgehead atoms. The standard InChI is InChI=1S/C20H28O7/c1-22-11-17-18(12-23-2)27-20(26-17)8-7-14(10-19(20)21)13-5-6-15(24-3)16(9-13)25-4/h5-6,9-10,17-19,21H,7-8,11-12H2,1-4H3/t17-,18-,19+/m0/s1. The summed E-state index contributed by atoms with van der Waals surface area (Å²) in [5.74, 6) is 0.258. The second-order valence-electron chi connectivity index (χ2n) is 6.74. The van der Waals surface area contributed by atoms with Crippen LogP contribution in [0.5, 0.6) is 11.5 Å². The molecule has 0 aromatic heterocycles. The van der Waals surface area contributed by atoms with Crippen molar-refractivity contribution in [3.8, 4) is 11.5 Å². The fourth-order valence-electron chi connectivity index (χ4n) is 3.69. The van der Waals surface area contributed by atoms with Gasteiger partial charge in [0.05, 0.1) is 27.4 Å². The van der Waals surface area contributed by atoms with Crippen LogP contribution in [0.15, 0.2) is 24.3 Å². The Labute approximate surface area is 159 Å². The van der Waals surface area contributed by atoms with Crippen molar-refractivity contribution in [2.45, 2.75) is 36.9 Å². The van der Waals surface area contributed by atoms with E-state index in [1.807, 2.05) is 18.2 Å². The van der Waals surface area contributed by atoms with E-state index < -0.39 is 11.9 Å². The van der Waals surface area contributed by atoms with Crippen LogP contribution in [0.4, 0.5) is 0 Å². The Morgan fingerprint density at radius 3 is 2.15 bits per heavy atom. The molecule has 1 spiro atoms. The van der Waals surface area contributed by atoms with E-state index in [-0.39, 0.29) is 12.2 Å². The third-order valence-corrected chi connectivity index (χ3v) is 5.09. The molecule has 3 atom stereocenters. The highest BCUT2D eigenvalue weighted by atomic mass is 16.8. The van der Waals surface area contributed by atoms with E-state index >= 15 is 0 Å². The molecule has 1 heterocycles. The van der Waals surface area contributed by atoms with Gasteiger partial charge in [0.25, 0.3) is 0 Å². The Morgan fingerprint density at radius 1 is 1.00 bits per heavy atom. The highest BCUT2D eigenvalue weighted by Crippen LogP contribution is 2.43. The number of rotatable bonds is 7. The second-order valence-corrected chi connectivity index (χ2v) is 6.74. The minimum Gasteiger partial charge on any atom is -0.493 e. The third-order valence-electron chi connectivity index (χ3n) is 5.09. The van der Waals surface area contributed by atoms with Gasteiger partial charge in [-0.15, -0.1) is 0 Å². The molecule has 2 aliphatic rings. The number of benzene rings is 1. The average Bonchev–Trinajstić information content (AvgIpc) is 3.02. The van der Waals surface area contributed by atoms with Crippen molar-refractivity contribution in [2.75, 3.05) is 41.7 Å². The van der Waals surface area contributed by atoms with Gasteiger partial charge in [0.1, 0.15) is 18.3 Å². The van der Waals surface area contributed by atoms with E-state index in [9.17, 15) is 5.11 Å². The van der Waals surface area contributed by atoms with Gasteiger partial charge < -0.3 is 33.5 Å². The first-order valence-electron chi connectivity index (χ1n) is 9.01. The van der Waals surface area contributed by atoms with Gasteiger partial charge in [-0.3, -0.25) is 0 Å². The predicted molar refractivity (Wildman–Crippen MR) is 99.0 cm³/mol. The molecule has 7 heteroatoms. The summed E-state index contributed by atoms with van der Waals surface area (Å²) in [7, 11) is 6.44. The van der Waals surface area contributed by atoms with Gasteiger partial charge >= 0.3 is 0 Å². The summed E-state index contributed by atoms with van der Waals surface area (Å²) in [4.78, 5) is 0. The van der Waals surface area contributed by atoms with Crippen LogP contribution in [-0.4, -0.2) is 70.9 Å². The Kier molecular flexibility index (Phi) is 6.39. The molecule has 1 aromatic rings. The lowest BCUT2D eigenvalue weighted by molar-refractivity contribution is -0.230. The van der Waals surface area contributed by atoms with Gasteiger partial charge in [-0.25, -0.2) is 0 Å². The van der Waals surface area contributed by atoms with Crippen molar-refractivity contribution in [1.82, 2.24) is 0 Å². The number of methoxy groups -OCH3 is 4. The smallest absolute Gasteiger partial charge is 0.199 e. The molecule has 1 fully saturated rings. The van der Waals surface area contributed by atoms with Crippen LogP contribution in [0.25, 0.3) is 5.57 Å². The van der Waals surface area contributed by atoms with Crippen molar-refractivity contribution in [3.05, 3.63) is 29.8 Å². The molecule has 3 rings (SSSR count). The first-order valence-corrected chi connectivity index (χ1v) is 9.01. The summed E-state index contributed by atoms with van der Waals surface area (Å²) in [6.45, 7) is 0.767. The minimum absolute atomic E-state index is 0.277. The van der Waals surface area contributed by atoms with Gasteiger partial charge in [-0.1, -0.05) is 6.07 Å². The zero-order valence-corrected chi connectivity index (χ0v) is 16.3. The predicted octanol–water partition coefficient (Wildman–Crippen LogP) is 2.01. The Morgan fingerprint density at radius 2 is 1.63 bits per heavy atom. The summed E-state index contributed by atoms with van der Waals surface area (Å²) in [6, 6.07) is 5.72. The zero-order chi connectivity index (χ0) is 19.4. The maximum Gasteiger partial charge on any atom is 0.199 e. The van der Waals surface area contributed by atoms with E-state index in [1.165, 1.54) is 0 Å². The van der Waals surface area contributed by atoms with Crippen molar-refractivity contribution >= 4 is 5.57 Å². The van der Waals surface area contributed by atoms with E-state index in [4.69, 9.17) is 28.4 Å². The topological polar surface area (TPSA) is 75.6 Å². The number of aliphatic hydroxyl groups is 1. The van der Waals surface area contributed by atoms with E-state index in [2.05, 4.69) is 0 Å². The summed E-state index contributed by atoms with van der Waals surface area (Å²) in [5.41, 5.74) is 1.99. The average molecular weight is 380 g/mol. The molecule has 1 N–H and O–H groups in total. The third kappa shape index (κ3) is 3.97. The Bertz CT molecular complexity index is 658. The highest BCUT2D eigenvalue weighted by molar-refractivity contribution is 5.69. The zero-order valence-electron chi connectivity index (χ0n) is 16.3. The largest absolute Gasteiger partial charge is 0.493 e. The maximum absolute atomic E-state index is 10.8. The SMILES string of the molecule is COC[C@@H]1OC2(CCC(c3ccc(OC)c(OC)c3)=C[C@H]2O)O[C@H]1COC. The fraction of sp³-hybridized carbons (Fsp3) is 0.600. The molecule has 0 unspecified atom stereocenters. The summed E-state index contributed by atoms with van der Waals surface area (Å²) in [6.07, 6.45) is 1.58. The summed E-state index contributed by atoms with van der Waals surface area (Å²) in [5, 5.41) is 10.8. The maximum atomic E-state index is 10.8. The van der Waals surface area contributed by atoms with Crippen LogP contribution >= 0.6 is 0 Å². The molecular weight excluding hydrogens is 352 g/mol. The van der Waals surface area contributed by atoms with Crippen molar-refractivity contribution in [3.63, 3.8) is 0 Å². The van der Waals surface area contributed by atoms with Gasteiger partial charge in [0.2, 0.25) is 0 Å². The number of aliphatic hydroxyl groups excluding tert-OH is 1. The van der Waals surface area contributed by atoms with Crippen molar-refractivity contribution < 1.29 is 33.5 Å². The molecule has 7 nitrogen and oxygen atoms in total. The number of hydrogen-bond acceptors (Lipinski definition) is 7. The first kappa shape index (κ1) is 20.1. The molecule has 0 saturated carbocycles. The van der Waals surface area contributed by atoms with Crippen LogP contribution in [0.1, 0.15) is 18.4 Å². The van der Waals surface area contributed by atoms with Crippen LogP contribution in [0, 0.1) is 0 Å². The molecule has 27 heavy (non-hydrogen) atoms. The molecular formula is C20H28O7. The molecule has 1 aromatic carbocycles. The van der Waals surface area contributed by atoms with Crippen molar-refractivity contribution in [2.24, 2.45) is 0 Å². The van der Waals surface area contributed by atoms with Gasteiger partial charge in [-0.05, 0) is 35.8 Å². The molecule has 1 aliphatic heterocycles. The fourth-order valence-corrected chi connectivity index (χ4v) is 3.69. The number of ether oxygens (including phenoxy) is 6. The van der Waals surface area contributed by atoms with Gasteiger partial charge in [-0.2, -0.15) is 0 Å². The molecule has 150 valence electrons. The van der Waals surface area contributed by atoms with E-state index in [0.29, 0.717) is 37.6 Å². The molecule has 0 radical (unpaired) electrons. The second kappa shape index (κ2) is 8.58.